The standard InChI is InChI=1S/C28H44N2O20/c31-8-13-19(37)22(40)24(42)27(48-13)45-10-11-7-12(47-28-25(43)23(41)20(38)14(9-32)49-28)21(39)26(46-11)44-6-5-29-15(33)1-4-18(36)50-30-16(34)2-3-17(30)35/h11-14,19-28,31-32,37-43H,1-10H2,(H,29,33)/t11?,12?,13?,14?,19-,20-,21?,22?,23?,24?,25?,26?,27+,28+/m1/s1. The fraction of sp³-hybridized carbons (Fsp3) is 0.857. The third kappa shape index (κ3) is 9.87. The number of nitrogens with one attached hydrogen (secondary N) is 1. The number of aliphatic hydroxyl groups excluding tert-OH is 9. The molecule has 0 bridgehead atoms. The van der Waals surface area contributed by atoms with Gasteiger partial charge in [0.1, 0.15) is 54.9 Å². The molecule has 4 fully saturated rings. The van der Waals surface area contributed by atoms with E-state index in [0.717, 1.165) is 0 Å². The molecule has 0 spiro atoms. The van der Waals surface area contributed by atoms with Crippen LogP contribution in [-0.4, -0.2) is 194 Å². The van der Waals surface area contributed by atoms with Crippen molar-refractivity contribution < 1.29 is 98.4 Å². The highest BCUT2D eigenvalue weighted by Crippen LogP contribution is 2.30. The summed E-state index contributed by atoms with van der Waals surface area (Å²) >= 11 is 0. The number of imide groups is 1. The summed E-state index contributed by atoms with van der Waals surface area (Å²) in [5.41, 5.74) is 0. The zero-order valence-corrected chi connectivity index (χ0v) is 26.6. The molecule has 22 nitrogen and oxygen atoms in total. The number of nitrogens with zero attached hydrogens (tertiary/aromatic N) is 1. The van der Waals surface area contributed by atoms with Crippen LogP contribution in [0.4, 0.5) is 0 Å². The molecular weight excluding hydrogens is 684 g/mol. The highest BCUT2D eigenvalue weighted by molar-refractivity contribution is 6.01. The fourth-order valence-electron chi connectivity index (χ4n) is 5.51. The van der Waals surface area contributed by atoms with Gasteiger partial charge in [0.05, 0.1) is 45.1 Å². The van der Waals surface area contributed by atoms with E-state index in [9.17, 15) is 65.1 Å². The summed E-state index contributed by atoms with van der Waals surface area (Å²) in [7, 11) is 0. The van der Waals surface area contributed by atoms with E-state index < -0.39 is 136 Å². The monoisotopic (exact) mass is 728 g/mol. The summed E-state index contributed by atoms with van der Waals surface area (Å²) in [4.78, 5) is 52.0. The third-order valence-corrected chi connectivity index (χ3v) is 8.40. The van der Waals surface area contributed by atoms with Crippen LogP contribution in [0.3, 0.4) is 0 Å². The predicted molar refractivity (Wildman–Crippen MR) is 153 cm³/mol. The maximum absolute atomic E-state index is 12.2. The van der Waals surface area contributed by atoms with Crippen molar-refractivity contribution in [2.24, 2.45) is 0 Å². The number of ether oxygens (including phenoxy) is 6. The van der Waals surface area contributed by atoms with Gasteiger partial charge < -0.3 is 84.5 Å². The minimum absolute atomic E-state index is 0.0847. The van der Waals surface area contributed by atoms with E-state index in [1.807, 2.05) is 0 Å². The molecule has 10 N–H and O–H groups in total. The van der Waals surface area contributed by atoms with Crippen LogP contribution >= 0.6 is 0 Å². The second-order valence-electron chi connectivity index (χ2n) is 12.0. The Kier molecular flexibility index (Phi) is 14.7. The van der Waals surface area contributed by atoms with Gasteiger partial charge in [-0.1, -0.05) is 0 Å². The summed E-state index contributed by atoms with van der Waals surface area (Å²) in [6.45, 7) is -2.29. The Labute approximate surface area is 283 Å². The molecule has 4 rings (SSSR count). The van der Waals surface area contributed by atoms with E-state index in [2.05, 4.69) is 5.32 Å². The smallest absolute Gasteiger partial charge is 0.333 e. The van der Waals surface area contributed by atoms with Crippen molar-refractivity contribution in [3.05, 3.63) is 0 Å². The maximum Gasteiger partial charge on any atom is 0.333 e. The largest absolute Gasteiger partial charge is 0.394 e. The average Bonchev–Trinajstić information content (AvgIpc) is 3.41. The topological polar surface area (TPSA) is 330 Å². The number of hydrogen-bond acceptors (Lipinski definition) is 20. The van der Waals surface area contributed by atoms with E-state index in [4.69, 9.17) is 33.3 Å². The third-order valence-electron chi connectivity index (χ3n) is 8.40. The normalized spacial score (nSPS) is 39.4. The number of rotatable bonds is 15. The van der Waals surface area contributed by atoms with E-state index in [-0.39, 0.29) is 38.8 Å². The summed E-state index contributed by atoms with van der Waals surface area (Å²) in [6, 6.07) is 0. The number of hydrogen-bond donors (Lipinski definition) is 10. The van der Waals surface area contributed by atoms with Gasteiger partial charge in [-0.25, -0.2) is 4.79 Å². The van der Waals surface area contributed by atoms with Crippen LogP contribution in [0.25, 0.3) is 0 Å². The molecule has 4 aliphatic rings. The lowest BCUT2D eigenvalue weighted by Crippen LogP contribution is -2.62. The van der Waals surface area contributed by atoms with Gasteiger partial charge >= 0.3 is 5.97 Å². The Bertz CT molecular complexity index is 1140. The van der Waals surface area contributed by atoms with Crippen LogP contribution in [0.1, 0.15) is 32.1 Å². The number of amides is 3. The van der Waals surface area contributed by atoms with Gasteiger partial charge in [-0.15, -0.1) is 5.06 Å². The number of carbonyl (C=O) groups is 4. The molecule has 10 unspecified atom stereocenters. The van der Waals surface area contributed by atoms with Crippen LogP contribution in [0.15, 0.2) is 0 Å². The Morgan fingerprint density at radius 2 is 1.28 bits per heavy atom. The molecule has 0 aromatic carbocycles. The van der Waals surface area contributed by atoms with Crippen LogP contribution in [0.2, 0.25) is 0 Å². The van der Waals surface area contributed by atoms with Gasteiger partial charge in [0.15, 0.2) is 18.9 Å². The van der Waals surface area contributed by atoms with Crippen LogP contribution < -0.4 is 5.32 Å². The lowest BCUT2D eigenvalue weighted by molar-refractivity contribution is -0.348. The zero-order chi connectivity index (χ0) is 36.7. The van der Waals surface area contributed by atoms with Crippen molar-refractivity contribution in [3.63, 3.8) is 0 Å². The van der Waals surface area contributed by atoms with Crippen LogP contribution in [-0.2, 0) is 52.4 Å². The molecule has 4 heterocycles. The Balaban J connectivity index is 1.32. The minimum atomic E-state index is -1.81. The maximum atomic E-state index is 12.2. The van der Waals surface area contributed by atoms with Crippen molar-refractivity contribution in [1.29, 1.82) is 0 Å². The lowest BCUT2D eigenvalue weighted by Gasteiger charge is -2.44. The SMILES string of the molecule is O=C(CCC(=O)ON1C(=O)CCC1=O)NCCOC1OC(CO[C@H]2OC(CO)[C@@H](O)C(O)C2O)CC(O[C@H]2OC(CO)[C@@H](O)C(O)C2O)C1O. The van der Waals surface area contributed by atoms with E-state index >= 15 is 0 Å². The summed E-state index contributed by atoms with van der Waals surface area (Å²) < 4.78 is 33.4. The second-order valence-corrected chi connectivity index (χ2v) is 12.0. The van der Waals surface area contributed by atoms with Crippen LogP contribution in [0.5, 0.6) is 0 Å². The first-order valence-corrected chi connectivity index (χ1v) is 15.9. The van der Waals surface area contributed by atoms with Gasteiger partial charge in [-0.2, -0.15) is 0 Å². The quantitative estimate of drug-likeness (QED) is 0.0553. The minimum Gasteiger partial charge on any atom is -0.394 e. The molecule has 286 valence electrons. The number of carbonyl (C=O) groups excluding carboxylic acids is 4. The molecule has 0 aromatic heterocycles. The van der Waals surface area contributed by atoms with Gasteiger partial charge in [-0.3, -0.25) is 14.4 Å². The molecule has 0 aliphatic carbocycles. The average molecular weight is 729 g/mol. The number of hydroxylamine groups is 2. The number of aliphatic hydroxyl groups is 9. The first kappa shape index (κ1) is 40.3. The van der Waals surface area contributed by atoms with Crippen LogP contribution in [0, 0.1) is 0 Å². The molecule has 14 atom stereocenters. The molecule has 0 radical (unpaired) electrons. The molecule has 50 heavy (non-hydrogen) atoms. The van der Waals surface area contributed by atoms with Gasteiger partial charge in [0.25, 0.3) is 11.8 Å². The fourth-order valence-corrected chi connectivity index (χ4v) is 5.51. The van der Waals surface area contributed by atoms with Crippen molar-refractivity contribution in [3.8, 4) is 0 Å². The van der Waals surface area contributed by atoms with Crippen molar-refractivity contribution in [2.75, 3.05) is 33.0 Å². The summed E-state index contributed by atoms with van der Waals surface area (Å²) in [6.07, 6.45) is -22.7. The molecule has 0 saturated carbocycles. The summed E-state index contributed by atoms with van der Waals surface area (Å²) in [5, 5.41) is 93.9. The summed E-state index contributed by atoms with van der Waals surface area (Å²) in [5.74, 6) is -2.92. The van der Waals surface area contributed by atoms with Gasteiger partial charge in [-0.05, 0) is 0 Å². The predicted octanol–water partition coefficient (Wildman–Crippen LogP) is -7.02. The lowest BCUT2D eigenvalue weighted by atomic mass is 9.98. The Morgan fingerprint density at radius 1 is 0.720 bits per heavy atom. The van der Waals surface area contributed by atoms with E-state index in [1.165, 1.54) is 0 Å². The van der Waals surface area contributed by atoms with Crippen molar-refractivity contribution in [2.45, 2.75) is 118 Å². The Morgan fingerprint density at radius 3 is 1.88 bits per heavy atom. The first-order chi connectivity index (χ1) is 23.7. The first-order valence-electron chi connectivity index (χ1n) is 15.9. The van der Waals surface area contributed by atoms with E-state index in [1.54, 1.807) is 0 Å². The van der Waals surface area contributed by atoms with E-state index in [0.29, 0.717) is 5.06 Å². The molecule has 22 heteroatoms. The van der Waals surface area contributed by atoms with Gasteiger partial charge in [0, 0.05) is 32.2 Å². The zero-order valence-electron chi connectivity index (χ0n) is 26.6. The molecule has 4 aliphatic heterocycles. The molecule has 4 saturated heterocycles. The molecule has 0 aromatic rings. The van der Waals surface area contributed by atoms with Crippen molar-refractivity contribution >= 4 is 23.7 Å². The molecular formula is C28H44N2O20. The van der Waals surface area contributed by atoms with Gasteiger partial charge in [0.2, 0.25) is 5.91 Å². The molecule has 3 amide bonds. The highest BCUT2D eigenvalue weighted by Gasteiger charge is 2.49. The Hall–Kier alpha value is -2.52. The van der Waals surface area contributed by atoms with Crippen molar-refractivity contribution in [1.82, 2.24) is 10.4 Å². The highest BCUT2D eigenvalue weighted by atomic mass is 16.7. The second kappa shape index (κ2) is 18.3.